The number of ether oxygens (including phenoxy) is 1. The van der Waals surface area contributed by atoms with E-state index in [0.717, 1.165) is 24.2 Å². The summed E-state index contributed by atoms with van der Waals surface area (Å²) in [5, 5.41) is 9.49. The Morgan fingerprint density at radius 3 is 2.79 bits per heavy atom. The Balaban J connectivity index is 1.71. The Bertz CT molecular complexity index is 1390. The average Bonchev–Trinajstić information content (AvgIpc) is 3.39. The molecule has 9 heteroatoms. The molecule has 0 fully saturated rings. The van der Waals surface area contributed by atoms with Gasteiger partial charge in [0.2, 0.25) is 5.91 Å². The number of aryl methyl sites for hydroxylation is 3. The van der Waals surface area contributed by atoms with Crippen molar-refractivity contribution in [1.29, 1.82) is 0 Å². The fourth-order valence-corrected chi connectivity index (χ4v) is 4.98. The highest BCUT2D eigenvalue weighted by atomic mass is 32.1. The lowest BCUT2D eigenvalue weighted by Gasteiger charge is -2.09. The number of nitrogens with one attached hydrogen (secondary N) is 1. The molecule has 34 heavy (non-hydrogen) atoms. The highest BCUT2D eigenvalue weighted by Crippen LogP contribution is 2.24. The van der Waals surface area contributed by atoms with Crippen LogP contribution in [-0.2, 0) is 22.4 Å². The van der Waals surface area contributed by atoms with E-state index in [1.807, 2.05) is 48.2 Å². The molecular formula is C25H29N5O3S. The van der Waals surface area contributed by atoms with E-state index in [0.29, 0.717) is 40.8 Å². The lowest BCUT2D eigenvalue weighted by Crippen LogP contribution is -2.28. The number of hydrogen-bond acceptors (Lipinski definition) is 6. The quantitative estimate of drug-likeness (QED) is 0.371. The van der Waals surface area contributed by atoms with Crippen molar-refractivity contribution in [2.45, 2.75) is 40.0 Å². The minimum absolute atomic E-state index is 0.106. The third kappa shape index (κ3) is 4.67. The van der Waals surface area contributed by atoms with Gasteiger partial charge in [0.15, 0.2) is 4.96 Å². The summed E-state index contributed by atoms with van der Waals surface area (Å²) in [4.78, 5) is 31.3. The fraction of sp³-hybridized carbons (Fsp3) is 0.360. The van der Waals surface area contributed by atoms with Crippen molar-refractivity contribution in [3.8, 4) is 16.9 Å². The maximum absolute atomic E-state index is 13.6. The van der Waals surface area contributed by atoms with E-state index >= 15 is 0 Å². The minimum atomic E-state index is -0.209. The summed E-state index contributed by atoms with van der Waals surface area (Å²) in [6.45, 7) is 7.03. The van der Waals surface area contributed by atoms with Crippen LogP contribution in [0.15, 0.2) is 40.5 Å². The van der Waals surface area contributed by atoms with Crippen molar-refractivity contribution in [3.05, 3.63) is 68.7 Å². The van der Waals surface area contributed by atoms with Crippen LogP contribution in [-0.4, -0.2) is 45.3 Å². The predicted molar refractivity (Wildman–Crippen MR) is 134 cm³/mol. The molecule has 178 valence electrons. The lowest BCUT2D eigenvalue weighted by molar-refractivity contribution is -0.120. The second kappa shape index (κ2) is 10.3. The fourth-order valence-electron chi connectivity index (χ4n) is 4.05. The first-order valence-corrected chi connectivity index (χ1v) is 12.2. The Labute approximate surface area is 202 Å². The van der Waals surface area contributed by atoms with Crippen molar-refractivity contribution in [3.63, 3.8) is 0 Å². The van der Waals surface area contributed by atoms with Gasteiger partial charge in [-0.25, -0.2) is 9.67 Å². The first-order chi connectivity index (χ1) is 16.4. The number of thiazole rings is 1. The zero-order chi connectivity index (χ0) is 24.2. The van der Waals surface area contributed by atoms with Crippen molar-refractivity contribution < 1.29 is 9.53 Å². The van der Waals surface area contributed by atoms with E-state index in [9.17, 15) is 9.59 Å². The van der Waals surface area contributed by atoms with Crippen molar-refractivity contribution in [1.82, 2.24) is 24.5 Å². The Hall–Kier alpha value is -3.30. The Morgan fingerprint density at radius 1 is 1.24 bits per heavy atom. The molecule has 4 rings (SSSR count). The van der Waals surface area contributed by atoms with Gasteiger partial charge in [-0.2, -0.15) is 5.10 Å². The first kappa shape index (κ1) is 23.8. The van der Waals surface area contributed by atoms with Gasteiger partial charge in [0.05, 0.1) is 23.4 Å². The van der Waals surface area contributed by atoms with E-state index in [4.69, 9.17) is 9.84 Å². The summed E-state index contributed by atoms with van der Waals surface area (Å²) >= 11 is 1.36. The van der Waals surface area contributed by atoms with Gasteiger partial charge >= 0.3 is 0 Å². The summed E-state index contributed by atoms with van der Waals surface area (Å²) < 4.78 is 8.43. The molecule has 0 spiro atoms. The number of amides is 1. The highest BCUT2D eigenvalue weighted by molar-refractivity contribution is 7.15. The SMILES string of the molecule is CCc1ccccc1-n1nc(-c2c(C)nc3scc(CC(=O)NCCCOC)n3c2=O)cc1C. The molecule has 0 aliphatic rings. The molecule has 0 aliphatic heterocycles. The third-order valence-corrected chi connectivity index (χ3v) is 6.63. The molecule has 0 saturated carbocycles. The second-order valence-electron chi connectivity index (χ2n) is 8.16. The van der Waals surface area contributed by atoms with Crippen LogP contribution in [0.3, 0.4) is 0 Å². The van der Waals surface area contributed by atoms with Gasteiger partial charge in [-0.3, -0.25) is 14.0 Å². The summed E-state index contributed by atoms with van der Waals surface area (Å²) in [7, 11) is 1.63. The van der Waals surface area contributed by atoms with E-state index < -0.39 is 0 Å². The summed E-state index contributed by atoms with van der Waals surface area (Å²) in [5.74, 6) is -0.138. The number of nitrogens with zero attached hydrogens (tertiary/aromatic N) is 4. The van der Waals surface area contributed by atoms with Crippen LogP contribution >= 0.6 is 11.3 Å². The molecular weight excluding hydrogens is 450 g/mol. The van der Waals surface area contributed by atoms with Gasteiger partial charge < -0.3 is 10.1 Å². The van der Waals surface area contributed by atoms with Crippen LogP contribution in [0.5, 0.6) is 0 Å². The third-order valence-electron chi connectivity index (χ3n) is 5.75. The maximum Gasteiger partial charge on any atom is 0.268 e. The number of fused-ring (bicyclic) bond motifs is 1. The molecule has 1 aromatic carbocycles. The molecule has 0 radical (unpaired) electrons. The Morgan fingerprint density at radius 2 is 2.03 bits per heavy atom. The van der Waals surface area contributed by atoms with Crippen LogP contribution < -0.4 is 10.9 Å². The average molecular weight is 480 g/mol. The molecule has 4 aromatic rings. The zero-order valence-electron chi connectivity index (χ0n) is 19.9. The summed E-state index contributed by atoms with van der Waals surface area (Å²) in [6, 6.07) is 10.0. The number of carbonyl (C=O) groups excluding carboxylic acids is 1. The second-order valence-corrected chi connectivity index (χ2v) is 9.00. The molecule has 0 saturated heterocycles. The van der Waals surface area contributed by atoms with Gasteiger partial charge in [0, 0.05) is 37.0 Å². The lowest BCUT2D eigenvalue weighted by atomic mass is 10.1. The van der Waals surface area contributed by atoms with Gasteiger partial charge in [-0.1, -0.05) is 25.1 Å². The molecule has 0 unspecified atom stereocenters. The predicted octanol–water partition coefficient (Wildman–Crippen LogP) is 3.48. The van der Waals surface area contributed by atoms with Crippen LogP contribution in [0.2, 0.25) is 0 Å². The summed E-state index contributed by atoms with van der Waals surface area (Å²) in [5.41, 5.74) is 5.18. The van der Waals surface area contributed by atoms with Gasteiger partial charge in [-0.15, -0.1) is 11.3 Å². The zero-order valence-corrected chi connectivity index (χ0v) is 20.7. The molecule has 1 N–H and O–H groups in total. The van der Waals surface area contributed by atoms with E-state index in [2.05, 4.69) is 23.3 Å². The van der Waals surface area contributed by atoms with E-state index in [-0.39, 0.29) is 17.9 Å². The van der Waals surface area contributed by atoms with Crippen molar-refractivity contribution in [2.24, 2.45) is 0 Å². The number of rotatable bonds is 9. The topological polar surface area (TPSA) is 90.5 Å². The number of carbonyl (C=O) groups is 1. The highest BCUT2D eigenvalue weighted by Gasteiger charge is 2.20. The van der Waals surface area contributed by atoms with Crippen molar-refractivity contribution in [2.75, 3.05) is 20.3 Å². The molecule has 0 bridgehead atoms. The largest absolute Gasteiger partial charge is 0.385 e. The maximum atomic E-state index is 13.6. The van der Waals surface area contributed by atoms with Crippen LogP contribution in [0.1, 0.15) is 36.0 Å². The van der Waals surface area contributed by atoms with Crippen LogP contribution in [0, 0.1) is 13.8 Å². The number of hydrogen-bond donors (Lipinski definition) is 1. The van der Waals surface area contributed by atoms with Crippen LogP contribution in [0.25, 0.3) is 21.9 Å². The first-order valence-electron chi connectivity index (χ1n) is 11.3. The van der Waals surface area contributed by atoms with Crippen LogP contribution in [0.4, 0.5) is 0 Å². The molecule has 8 nitrogen and oxygen atoms in total. The Kier molecular flexibility index (Phi) is 7.23. The van der Waals surface area contributed by atoms with E-state index in [1.54, 1.807) is 7.11 Å². The van der Waals surface area contributed by atoms with Gasteiger partial charge in [-0.05, 0) is 44.4 Å². The molecule has 0 aliphatic carbocycles. The van der Waals surface area contributed by atoms with Gasteiger partial charge in [0.1, 0.15) is 5.69 Å². The normalized spacial score (nSPS) is 11.3. The molecule has 0 atom stereocenters. The number of aromatic nitrogens is 4. The molecule has 1 amide bonds. The number of methoxy groups -OCH3 is 1. The van der Waals surface area contributed by atoms with Gasteiger partial charge in [0.25, 0.3) is 5.56 Å². The van der Waals surface area contributed by atoms with Crippen molar-refractivity contribution >= 4 is 22.2 Å². The number of benzene rings is 1. The minimum Gasteiger partial charge on any atom is -0.385 e. The van der Waals surface area contributed by atoms with E-state index in [1.165, 1.54) is 21.3 Å². The molecule has 3 heterocycles. The smallest absolute Gasteiger partial charge is 0.268 e. The standard InChI is InChI=1S/C25H29N5O3S/c1-5-18-9-6-7-10-21(18)30-16(2)13-20(28-30)23-17(3)27-25-29(24(23)32)19(15-34-25)14-22(31)26-11-8-12-33-4/h6-7,9-10,13,15H,5,8,11-12,14H2,1-4H3,(H,26,31). The summed E-state index contributed by atoms with van der Waals surface area (Å²) in [6.07, 6.45) is 1.72. The monoisotopic (exact) mass is 479 g/mol. The molecule has 3 aromatic heterocycles. The number of para-hydroxylation sites is 1.